The molecular weight excluding hydrogens is 279 g/mol. The van der Waals surface area contributed by atoms with Gasteiger partial charge in [0.25, 0.3) is 10.0 Å². The summed E-state index contributed by atoms with van der Waals surface area (Å²) in [6.45, 7) is 3.23. The number of anilines is 2. The summed E-state index contributed by atoms with van der Waals surface area (Å²) < 4.78 is 40.9. The molecule has 106 valence electrons. The molecule has 0 saturated carbocycles. The van der Waals surface area contributed by atoms with E-state index in [0.717, 1.165) is 11.6 Å². The molecule has 2 rings (SSSR count). The topological polar surface area (TPSA) is 72.2 Å². The third-order valence-corrected chi connectivity index (χ3v) is 4.29. The van der Waals surface area contributed by atoms with Gasteiger partial charge in [0.1, 0.15) is 10.7 Å². The number of hydrogen-bond donors (Lipinski definition) is 2. The Morgan fingerprint density at radius 3 is 2.40 bits per heavy atom. The number of para-hydroxylation sites is 1. The van der Waals surface area contributed by atoms with Crippen molar-refractivity contribution in [1.82, 2.24) is 0 Å². The minimum atomic E-state index is -4.02. The normalized spacial score (nSPS) is 11.3. The highest BCUT2D eigenvalue weighted by Crippen LogP contribution is 2.25. The Labute approximate surface area is 117 Å². The molecule has 0 unspecified atom stereocenters. The van der Waals surface area contributed by atoms with Crippen LogP contribution in [0.4, 0.5) is 15.8 Å². The molecule has 0 aliphatic heterocycles. The summed E-state index contributed by atoms with van der Waals surface area (Å²) in [6, 6.07) is 9.37. The van der Waals surface area contributed by atoms with Gasteiger partial charge < -0.3 is 5.73 Å². The monoisotopic (exact) mass is 294 g/mol. The van der Waals surface area contributed by atoms with E-state index in [1.54, 1.807) is 31.2 Å². The van der Waals surface area contributed by atoms with Crippen molar-refractivity contribution >= 4 is 21.4 Å². The number of nitrogens with one attached hydrogen (secondary N) is 1. The Morgan fingerprint density at radius 2 is 1.75 bits per heavy atom. The number of nitrogens with two attached hydrogens (primary N) is 1. The lowest BCUT2D eigenvalue weighted by atomic mass is 10.2. The van der Waals surface area contributed by atoms with E-state index in [1.165, 1.54) is 13.0 Å². The van der Waals surface area contributed by atoms with Crippen LogP contribution in [0.5, 0.6) is 0 Å². The molecule has 0 bridgehead atoms. The third-order valence-electron chi connectivity index (χ3n) is 2.92. The lowest BCUT2D eigenvalue weighted by Crippen LogP contribution is -2.16. The highest BCUT2D eigenvalue weighted by atomic mass is 32.2. The van der Waals surface area contributed by atoms with E-state index in [-0.39, 0.29) is 11.3 Å². The van der Waals surface area contributed by atoms with E-state index in [0.29, 0.717) is 5.69 Å². The molecule has 6 heteroatoms. The van der Waals surface area contributed by atoms with E-state index < -0.39 is 20.7 Å². The molecule has 0 saturated heterocycles. The first-order valence-electron chi connectivity index (χ1n) is 5.95. The maximum absolute atomic E-state index is 14.0. The summed E-state index contributed by atoms with van der Waals surface area (Å²) >= 11 is 0. The maximum Gasteiger partial charge on any atom is 0.264 e. The summed E-state index contributed by atoms with van der Waals surface area (Å²) in [5, 5.41) is 0. The number of aryl methyl sites for hydroxylation is 2. The average molecular weight is 294 g/mol. The molecule has 2 aromatic carbocycles. The van der Waals surface area contributed by atoms with Gasteiger partial charge in [0.2, 0.25) is 0 Å². The van der Waals surface area contributed by atoms with Crippen molar-refractivity contribution in [2.24, 2.45) is 0 Å². The molecular formula is C14H15FN2O2S. The minimum absolute atomic E-state index is 0.190. The zero-order valence-corrected chi connectivity index (χ0v) is 12.0. The van der Waals surface area contributed by atoms with E-state index in [2.05, 4.69) is 4.72 Å². The number of rotatable bonds is 3. The molecule has 20 heavy (non-hydrogen) atoms. The Kier molecular flexibility index (Phi) is 3.67. The molecule has 2 aromatic rings. The number of nitrogen functional groups attached to an aromatic ring is 1. The second kappa shape index (κ2) is 5.13. The highest BCUT2D eigenvalue weighted by Gasteiger charge is 2.21. The third kappa shape index (κ3) is 2.75. The van der Waals surface area contributed by atoms with Crippen molar-refractivity contribution in [3.8, 4) is 0 Å². The molecule has 0 atom stereocenters. The fourth-order valence-electron chi connectivity index (χ4n) is 1.85. The van der Waals surface area contributed by atoms with Gasteiger partial charge in [-0.25, -0.2) is 12.8 Å². The van der Waals surface area contributed by atoms with Crippen LogP contribution in [0.2, 0.25) is 0 Å². The summed E-state index contributed by atoms with van der Waals surface area (Å²) in [4.78, 5) is -0.446. The van der Waals surface area contributed by atoms with Crippen molar-refractivity contribution in [3.05, 3.63) is 53.3 Å². The predicted octanol–water partition coefficient (Wildman–Crippen LogP) is 2.83. The second-order valence-electron chi connectivity index (χ2n) is 4.57. The minimum Gasteiger partial charge on any atom is -0.399 e. The summed E-state index contributed by atoms with van der Waals surface area (Å²) in [7, 11) is -4.02. The van der Waals surface area contributed by atoms with Crippen LogP contribution in [0.15, 0.2) is 41.3 Å². The van der Waals surface area contributed by atoms with Crippen molar-refractivity contribution in [3.63, 3.8) is 0 Å². The molecule has 3 N–H and O–H groups in total. The number of sulfonamides is 1. The lowest BCUT2D eigenvalue weighted by Gasteiger charge is -2.12. The molecule has 0 amide bonds. The van der Waals surface area contributed by atoms with Gasteiger partial charge in [0, 0.05) is 5.69 Å². The van der Waals surface area contributed by atoms with Crippen LogP contribution in [0.25, 0.3) is 0 Å². The number of benzene rings is 2. The van der Waals surface area contributed by atoms with Crippen LogP contribution in [0.1, 0.15) is 11.1 Å². The van der Waals surface area contributed by atoms with Gasteiger partial charge in [0.15, 0.2) is 0 Å². The number of hydrogen-bond acceptors (Lipinski definition) is 3. The van der Waals surface area contributed by atoms with Gasteiger partial charge in [-0.15, -0.1) is 0 Å². The average Bonchev–Trinajstić information content (AvgIpc) is 2.36. The van der Waals surface area contributed by atoms with Crippen molar-refractivity contribution in [1.29, 1.82) is 0 Å². The molecule has 4 nitrogen and oxygen atoms in total. The molecule has 0 radical (unpaired) electrons. The Hall–Kier alpha value is -2.08. The van der Waals surface area contributed by atoms with Crippen LogP contribution >= 0.6 is 0 Å². The molecule has 0 aliphatic carbocycles. The zero-order valence-electron chi connectivity index (χ0n) is 11.1. The van der Waals surface area contributed by atoms with E-state index in [4.69, 9.17) is 5.73 Å². The second-order valence-corrected chi connectivity index (χ2v) is 6.22. The quantitative estimate of drug-likeness (QED) is 0.855. The summed E-state index contributed by atoms with van der Waals surface area (Å²) in [5.74, 6) is -0.791. The van der Waals surface area contributed by atoms with Crippen LogP contribution in [-0.2, 0) is 10.0 Å². The predicted molar refractivity (Wildman–Crippen MR) is 77.5 cm³/mol. The highest BCUT2D eigenvalue weighted by molar-refractivity contribution is 7.92. The van der Waals surface area contributed by atoms with Gasteiger partial charge in [-0.3, -0.25) is 4.72 Å². The lowest BCUT2D eigenvalue weighted by molar-refractivity contribution is 0.565. The fourth-order valence-corrected chi connectivity index (χ4v) is 3.16. The maximum atomic E-state index is 14.0. The van der Waals surface area contributed by atoms with E-state index in [9.17, 15) is 12.8 Å². The molecule has 0 fully saturated rings. The Balaban J connectivity index is 2.49. The van der Waals surface area contributed by atoms with Gasteiger partial charge in [-0.2, -0.15) is 0 Å². The number of halogens is 1. The molecule has 0 aliphatic rings. The smallest absolute Gasteiger partial charge is 0.264 e. The molecule has 0 heterocycles. The standard InChI is InChI=1S/C14H15FN2O2S/c1-9-5-3-4-6-12(9)17-20(18,19)13-8-11(16)7-10(2)14(13)15/h3-8,17H,16H2,1-2H3. The SMILES string of the molecule is Cc1ccccc1NS(=O)(=O)c1cc(N)cc(C)c1F. The Bertz CT molecular complexity index is 758. The fraction of sp³-hybridized carbons (Fsp3) is 0.143. The molecule has 0 aromatic heterocycles. The van der Waals surface area contributed by atoms with Crippen LogP contribution < -0.4 is 10.5 Å². The van der Waals surface area contributed by atoms with Gasteiger partial charge in [0.05, 0.1) is 5.69 Å². The van der Waals surface area contributed by atoms with Crippen LogP contribution in [-0.4, -0.2) is 8.42 Å². The first-order chi connectivity index (χ1) is 9.31. The van der Waals surface area contributed by atoms with Gasteiger partial charge in [-0.05, 0) is 43.2 Å². The zero-order chi connectivity index (χ0) is 14.9. The van der Waals surface area contributed by atoms with Crippen molar-refractivity contribution < 1.29 is 12.8 Å². The van der Waals surface area contributed by atoms with Crippen LogP contribution in [0.3, 0.4) is 0 Å². The first kappa shape index (κ1) is 14.3. The Morgan fingerprint density at radius 1 is 1.10 bits per heavy atom. The van der Waals surface area contributed by atoms with E-state index >= 15 is 0 Å². The van der Waals surface area contributed by atoms with Gasteiger partial charge in [-0.1, -0.05) is 18.2 Å². The largest absolute Gasteiger partial charge is 0.399 e. The van der Waals surface area contributed by atoms with Crippen molar-refractivity contribution in [2.75, 3.05) is 10.5 Å². The van der Waals surface area contributed by atoms with E-state index in [1.807, 2.05) is 0 Å². The van der Waals surface area contributed by atoms with Crippen molar-refractivity contribution in [2.45, 2.75) is 18.7 Å². The summed E-state index contributed by atoms with van der Waals surface area (Å²) in [5.41, 5.74) is 7.14. The van der Waals surface area contributed by atoms with Gasteiger partial charge >= 0.3 is 0 Å². The molecule has 0 spiro atoms. The first-order valence-corrected chi connectivity index (χ1v) is 7.43. The summed E-state index contributed by atoms with van der Waals surface area (Å²) in [6.07, 6.45) is 0. The van der Waals surface area contributed by atoms with Crippen LogP contribution in [0, 0.1) is 19.7 Å².